The topological polar surface area (TPSA) is 101 Å². The van der Waals surface area contributed by atoms with Gasteiger partial charge in [0.15, 0.2) is 0 Å². The zero-order valence-electron chi connectivity index (χ0n) is 15.1. The highest BCUT2D eigenvalue weighted by Crippen LogP contribution is 2.25. The molecule has 0 atom stereocenters. The van der Waals surface area contributed by atoms with Crippen molar-refractivity contribution in [1.29, 1.82) is 0 Å². The van der Waals surface area contributed by atoms with E-state index in [9.17, 15) is 4.79 Å². The summed E-state index contributed by atoms with van der Waals surface area (Å²) in [5.74, 6) is 0.357. The minimum atomic E-state index is -0.160. The molecular formula is C21H15N7O. The third-order valence-corrected chi connectivity index (χ3v) is 4.56. The van der Waals surface area contributed by atoms with Crippen molar-refractivity contribution in [2.45, 2.75) is 0 Å². The number of fused-ring (bicyclic) bond motifs is 1. The molecular weight excluding hydrogens is 366 g/mol. The van der Waals surface area contributed by atoms with E-state index in [4.69, 9.17) is 0 Å². The largest absolute Gasteiger partial charge is 0.322 e. The van der Waals surface area contributed by atoms with Crippen molar-refractivity contribution in [3.63, 3.8) is 0 Å². The molecule has 0 saturated heterocycles. The van der Waals surface area contributed by atoms with Crippen LogP contribution in [0.15, 0.2) is 79.0 Å². The molecule has 2 aromatic heterocycles. The molecule has 8 nitrogen and oxygen atoms in total. The maximum atomic E-state index is 12.4. The first-order valence-electron chi connectivity index (χ1n) is 8.96. The third-order valence-electron chi connectivity index (χ3n) is 4.56. The molecule has 29 heavy (non-hydrogen) atoms. The van der Waals surface area contributed by atoms with Gasteiger partial charge in [0.25, 0.3) is 5.91 Å². The van der Waals surface area contributed by atoms with Crippen LogP contribution in [0.25, 0.3) is 28.0 Å². The summed E-state index contributed by atoms with van der Waals surface area (Å²) in [5, 5.41) is 22.6. The minimum absolute atomic E-state index is 0.160. The van der Waals surface area contributed by atoms with Gasteiger partial charge in [-0.2, -0.15) is 10.3 Å². The van der Waals surface area contributed by atoms with Gasteiger partial charge < -0.3 is 5.32 Å². The second-order valence-corrected chi connectivity index (χ2v) is 6.44. The van der Waals surface area contributed by atoms with Crippen LogP contribution in [0.2, 0.25) is 0 Å². The molecule has 0 bridgehead atoms. The maximum Gasteiger partial charge on any atom is 0.255 e. The summed E-state index contributed by atoms with van der Waals surface area (Å²) in [6.45, 7) is 0. The number of tetrazole rings is 1. The Morgan fingerprint density at radius 3 is 2.69 bits per heavy atom. The van der Waals surface area contributed by atoms with Crippen molar-refractivity contribution in [3.8, 4) is 17.1 Å². The molecule has 3 aromatic carbocycles. The number of carbonyl (C=O) groups is 1. The van der Waals surface area contributed by atoms with Crippen LogP contribution in [0, 0.1) is 0 Å². The van der Waals surface area contributed by atoms with Crippen molar-refractivity contribution in [2.24, 2.45) is 0 Å². The van der Waals surface area contributed by atoms with Gasteiger partial charge in [-0.05, 0) is 41.6 Å². The lowest BCUT2D eigenvalue weighted by atomic mass is 10.1. The smallest absolute Gasteiger partial charge is 0.255 e. The van der Waals surface area contributed by atoms with Crippen LogP contribution in [0.4, 0.5) is 5.69 Å². The number of rotatable bonds is 4. The summed E-state index contributed by atoms with van der Waals surface area (Å²) in [6, 6.07) is 22.5. The van der Waals surface area contributed by atoms with E-state index in [1.165, 1.54) is 0 Å². The van der Waals surface area contributed by atoms with Crippen molar-refractivity contribution in [1.82, 2.24) is 30.4 Å². The Balaban J connectivity index is 1.50. The molecule has 0 spiro atoms. The average molecular weight is 381 g/mol. The molecule has 5 aromatic rings. The van der Waals surface area contributed by atoms with Crippen molar-refractivity contribution in [2.75, 3.05) is 5.32 Å². The highest BCUT2D eigenvalue weighted by Gasteiger charge is 2.11. The van der Waals surface area contributed by atoms with E-state index in [1.54, 1.807) is 18.3 Å². The van der Waals surface area contributed by atoms with Crippen LogP contribution in [-0.2, 0) is 0 Å². The zero-order valence-corrected chi connectivity index (χ0v) is 15.1. The molecule has 2 heterocycles. The third kappa shape index (κ3) is 3.23. The van der Waals surface area contributed by atoms with Gasteiger partial charge in [0.2, 0.25) is 5.82 Å². The Bertz CT molecular complexity index is 1290. The average Bonchev–Trinajstić information content (AvgIpc) is 3.44. The normalized spacial score (nSPS) is 10.9. The lowest BCUT2D eigenvalue weighted by Gasteiger charge is -2.09. The number of H-pyrrole nitrogens is 1. The van der Waals surface area contributed by atoms with Crippen molar-refractivity contribution in [3.05, 3.63) is 84.6 Å². The molecule has 0 aliphatic carbocycles. The fourth-order valence-electron chi connectivity index (χ4n) is 3.16. The van der Waals surface area contributed by atoms with Crippen LogP contribution in [0.1, 0.15) is 10.4 Å². The molecule has 8 heteroatoms. The predicted molar refractivity (Wildman–Crippen MR) is 109 cm³/mol. The van der Waals surface area contributed by atoms with Gasteiger partial charge in [0.1, 0.15) is 0 Å². The summed E-state index contributed by atoms with van der Waals surface area (Å²) in [6.07, 6.45) is 1.80. The number of anilines is 1. The summed E-state index contributed by atoms with van der Waals surface area (Å²) in [7, 11) is 0. The number of aromatic amines is 1. The first-order chi connectivity index (χ1) is 14.3. The Labute approximate surface area is 165 Å². The molecule has 0 radical (unpaired) electrons. The molecule has 0 aliphatic rings. The number of aromatic nitrogens is 6. The highest BCUT2D eigenvalue weighted by atomic mass is 16.1. The Hall–Kier alpha value is -4.33. The molecule has 0 fully saturated rings. The van der Waals surface area contributed by atoms with E-state index in [0.717, 1.165) is 22.2 Å². The number of benzene rings is 3. The maximum absolute atomic E-state index is 12.4. The number of amides is 1. The molecule has 2 N–H and O–H groups in total. The first-order valence-corrected chi connectivity index (χ1v) is 8.96. The summed E-state index contributed by atoms with van der Waals surface area (Å²) in [4.78, 5) is 12.4. The van der Waals surface area contributed by atoms with Gasteiger partial charge in [-0.1, -0.05) is 36.4 Å². The van der Waals surface area contributed by atoms with Gasteiger partial charge in [-0.25, -0.2) is 4.68 Å². The number of nitrogens with one attached hydrogen (secondary N) is 2. The molecule has 5 rings (SSSR count). The lowest BCUT2D eigenvalue weighted by molar-refractivity contribution is 0.102. The van der Waals surface area contributed by atoms with E-state index < -0.39 is 0 Å². The van der Waals surface area contributed by atoms with Gasteiger partial charge in [-0.15, -0.1) is 10.2 Å². The minimum Gasteiger partial charge on any atom is -0.322 e. The van der Waals surface area contributed by atoms with Crippen LogP contribution in [0.5, 0.6) is 0 Å². The Kier molecular flexibility index (Phi) is 4.06. The predicted octanol–water partition coefficient (Wildman–Crippen LogP) is 3.46. The molecule has 1 amide bonds. The lowest BCUT2D eigenvalue weighted by Crippen LogP contribution is -2.11. The molecule has 0 saturated carbocycles. The van der Waals surface area contributed by atoms with E-state index in [0.29, 0.717) is 17.1 Å². The second kappa shape index (κ2) is 7.01. The summed E-state index contributed by atoms with van der Waals surface area (Å²) >= 11 is 0. The number of hydrogen-bond acceptors (Lipinski definition) is 5. The first kappa shape index (κ1) is 16.8. The fraction of sp³-hybridized carbons (Fsp3) is 0. The Morgan fingerprint density at radius 1 is 0.966 bits per heavy atom. The number of hydrogen-bond donors (Lipinski definition) is 2. The van der Waals surface area contributed by atoms with Crippen LogP contribution in [0.3, 0.4) is 0 Å². The van der Waals surface area contributed by atoms with E-state index in [2.05, 4.69) is 31.0 Å². The quantitative estimate of drug-likeness (QED) is 0.496. The van der Waals surface area contributed by atoms with E-state index in [1.807, 2.05) is 65.3 Å². The van der Waals surface area contributed by atoms with E-state index in [-0.39, 0.29) is 5.91 Å². The van der Waals surface area contributed by atoms with Crippen molar-refractivity contribution >= 4 is 22.5 Å². The van der Waals surface area contributed by atoms with Crippen LogP contribution in [-0.4, -0.2) is 36.3 Å². The summed E-state index contributed by atoms with van der Waals surface area (Å²) in [5.41, 5.74) is 3.86. The van der Waals surface area contributed by atoms with E-state index >= 15 is 0 Å². The van der Waals surface area contributed by atoms with Crippen LogP contribution >= 0.6 is 0 Å². The highest BCUT2D eigenvalue weighted by molar-refractivity contribution is 6.04. The fourth-order valence-corrected chi connectivity index (χ4v) is 3.16. The SMILES string of the molecule is O=C(Nc1cccc(-n2ncc3ccc(-c4nn[nH]n4)cc32)c1)c1ccccc1. The monoisotopic (exact) mass is 381 g/mol. The second-order valence-electron chi connectivity index (χ2n) is 6.44. The standard InChI is InChI=1S/C21H15N7O/c29-21(14-5-2-1-3-6-14)23-17-7-4-8-18(12-17)28-19-11-15(20-24-26-27-25-20)9-10-16(19)13-22-28/h1-13H,(H,23,29)(H,24,25,26,27). The van der Waals surface area contributed by atoms with Gasteiger partial charge in [0.05, 0.1) is 17.4 Å². The van der Waals surface area contributed by atoms with Gasteiger partial charge >= 0.3 is 0 Å². The number of carbonyl (C=O) groups excluding carboxylic acids is 1. The van der Waals surface area contributed by atoms with Crippen LogP contribution < -0.4 is 5.32 Å². The van der Waals surface area contributed by atoms with Crippen molar-refractivity contribution < 1.29 is 4.79 Å². The van der Waals surface area contributed by atoms with Gasteiger partial charge in [0, 0.05) is 22.2 Å². The summed E-state index contributed by atoms with van der Waals surface area (Å²) < 4.78 is 1.82. The zero-order chi connectivity index (χ0) is 19.6. The Morgan fingerprint density at radius 2 is 1.86 bits per heavy atom. The molecule has 0 aliphatic heterocycles. The molecule has 0 unspecified atom stereocenters. The van der Waals surface area contributed by atoms with Gasteiger partial charge in [-0.3, -0.25) is 4.79 Å². The number of nitrogens with zero attached hydrogens (tertiary/aromatic N) is 5. The molecule has 140 valence electrons.